The molecule has 0 saturated carbocycles. The van der Waals surface area contributed by atoms with E-state index in [1.54, 1.807) is 26.1 Å². The second-order valence-corrected chi connectivity index (χ2v) is 9.53. The fraction of sp³-hybridized carbons (Fsp3) is 0.429. The molecule has 3 N–H and O–H groups in total. The van der Waals surface area contributed by atoms with Crippen LogP contribution in [0.3, 0.4) is 0 Å². The number of aliphatic hydroxyl groups is 1. The van der Waals surface area contributed by atoms with Gasteiger partial charge < -0.3 is 15.7 Å². The zero-order valence-corrected chi connectivity index (χ0v) is 19.7. The molecule has 32 heavy (non-hydrogen) atoms. The summed E-state index contributed by atoms with van der Waals surface area (Å²) in [5.41, 5.74) is 7.45. The Morgan fingerprint density at radius 3 is 2.72 bits per heavy atom. The fourth-order valence-corrected chi connectivity index (χ4v) is 5.76. The molecule has 5 rings (SSSR count). The van der Waals surface area contributed by atoms with Crippen LogP contribution in [0.4, 0.5) is 5.82 Å². The first-order valence-electron chi connectivity index (χ1n) is 10.3. The van der Waals surface area contributed by atoms with Crippen molar-refractivity contribution in [2.45, 2.75) is 50.4 Å². The predicted octanol–water partition coefficient (Wildman–Crippen LogP) is 3.29. The SMILES string of the molecule is Cc1nc(C(=O)c2ccc3nn(C)c(Cl)c3c2Cl)c(Cl)nc1N1C2CCC1C(O)C(N)C2. The van der Waals surface area contributed by atoms with Crippen molar-refractivity contribution in [1.82, 2.24) is 19.7 Å². The summed E-state index contributed by atoms with van der Waals surface area (Å²) in [6.07, 6.45) is 1.75. The molecule has 2 bridgehead atoms. The maximum absolute atomic E-state index is 13.3. The summed E-state index contributed by atoms with van der Waals surface area (Å²) in [5.74, 6) is 0.120. The predicted molar refractivity (Wildman–Crippen MR) is 124 cm³/mol. The molecular weight excluding hydrogens is 475 g/mol. The Balaban J connectivity index is 1.54. The van der Waals surface area contributed by atoms with Gasteiger partial charge in [0.1, 0.15) is 10.8 Å². The number of anilines is 1. The van der Waals surface area contributed by atoms with E-state index in [0.717, 1.165) is 12.8 Å². The van der Waals surface area contributed by atoms with Crippen LogP contribution in [0.2, 0.25) is 15.3 Å². The molecule has 2 fully saturated rings. The van der Waals surface area contributed by atoms with E-state index in [4.69, 9.17) is 40.5 Å². The molecule has 0 spiro atoms. The van der Waals surface area contributed by atoms with Gasteiger partial charge in [0.05, 0.1) is 33.8 Å². The lowest BCUT2D eigenvalue weighted by atomic mass is 9.95. The van der Waals surface area contributed by atoms with Gasteiger partial charge in [-0.05, 0) is 38.3 Å². The number of nitrogens with zero attached hydrogens (tertiary/aromatic N) is 5. The molecule has 8 nitrogen and oxygen atoms in total. The normalized spacial score (nSPS) is 25.0. The Morgan fingerprint density at radius 2 is 1.97 bits per heavy atom. The molecule has 168 valence electrons. The second kappa shape index (κ2) is 7.81. The van der Waals surface area contributed by atoms with Gasteiger partial charge in [0.2, 0.25) is 5.78 Å². The molecule has 0 radical (unpaired) electrons. The summed E-state index contributed by atoms with van der Waals surface area (Å²) >= 11 is 19.3. The van der Waals surface area contributed by atoms with E-state index < -0.39 is 11.9 Å². The number of benzene rings is 1. The monoisotopic (exact) mass is 494 g/mol. The number of aryl methyl sites for hydroxylation is 2. The van der Waals surface area contributed by atoms with E-state index in [1.807, 2.05) is 0 Å². The number of ketones is 1. The number of carbonyl (C=O) groups excluding carboxylic acids is 1. The van der Waals surface area contributed by atoms with Gasteiger partial charge in [0, 0.05) is 24.7 Å². The van der Waals surface area contributed by atoms with E-state index >= 15 is 0 Å². The molecule has 4 unspecified atom stereocenters. The van der Waals surface area contributed by atoms with Gasteiger partial charge in [-0.15, -0.1) is 0 Å². The van der Waals surface area contributed by atoms with E-state index in [0.29, 0.717) is 34.0 Å². The number of hydrogen-bond acceptors (Lipinski definition) is 7. The van der Waals surface area contributed by atoms with Crippen molar-refractivity contribution >= 4 is 57.3 Å². The fourth-order valence-electron chi connectivity index (χ4n) is 4.94. The minimum Gasteiger partial charge on any atom is -0.389 e. The highest BCUT2D eigenvalue weighted by molar-refractivity contribution is 6.44. The number of hydrogen-bond donors (Lipinski definition) is 2. The zero-order valence-electron chi connectivity index (χ0n) is 17.4. The van der Waals surface area contributed by atoms with Gasteiger partial charge in [-0.3, -0.25) is 9.48 Å². The van der Waals surface area contributed by atoms with Crippen molar-refractivity contribution in [2.24, 2.45) is 12.8 Å². The Hall–Kier alpha value is -1.97. The Bertz CT molecular complexity index is 1260. The number of fused-ring (bicyclic) bond motifs is 3. The maximum Gasteiger partial charge on any atom is 0.216 e. The number of aliphatic hydroxyl groups excluding tert-OH is 1. The summed E-state index contributed by atoms with van der Waals surface area (Å²) in [7, 11) is 1.70. The number of aromatic nitrogens is 4. The highest BCUT2D eigenvalue weighted by Gasteiger charge is 2.46. The minimum absolute atomic E-state index is 0.00999. The Morgan fingerprint density at radius 1 is 1.22 bits per heavy atom. The van der Waals surface area contributed by atoms with Crippen LogP contribution in [-0.2, 0) is 7.05 Å². The van der Waals surface area contributed by atoms with Crippen molar-refractivity contribution in [3.8, 4) is 0 Å². The number of halogens is 3. The van der Waals surface area contributed by atoms with E-state index in [2.05, 4.69) is 20.0 Å². The number of piperidine rings is 1. The molecule has 2 aliphatic rings. The summed E-state index contributed by atoms with van der Waals surface area (Å²) < 4.78 is 1.49. The molecule has 2 aromatic heterocycles. The third kappa shape index (κ3) is 3.20. The van der Waals surface area contributed by atoms with E-state index in [9.17, 15) is 9.90 Å². The molecule has 0 amide bonds. The van der Waals surface area contributed by atoms with Gasteiger partial charge in [-0.1, -0.05) is 34.8 Å². The summed E-state index contributed by atoms with van der Waals surface area (Å²) in [5, 5.41) is 15.8. The van der Waals surface area contributed by atoms with Crippen LogP contribution in [-0.4, -0.2) is 54.9 Å². The molecule has 0 aliphatic carbocycles. The summed E-state index contributed by atoms with van der Waals surface area (Å²) in [6.45, 7) is 1.78. The first-order chi connectivity index (χ1) is 15.2. The molecule has 4 atom stereocenters. The lowest BCUT2D eigenvalue weighted by Crippen LogP contribution is -2.57. The average Bonchev–Trinajstić information content (AvgIpc) is 3.24. The van der Waals surface area contributed by atoms with Crippen LogP contribution in [0.25, 0.3) is 10.9 Å². The Kier molecular flexibility index (Phi) is 5.34. The first-order valence-corrected chi connectivity index (χ1v) is 11.4. The summed E-state index contributed by atoms with van der Waals surface area (Å²) in [6, 6.07) is 3.02. The van der Waals surface area contributed by atoms with Crippen molar-refractivity contribution in [3.05, 3.63) is 44.4 Å². The van der Waals surface area contributed by atoms with Crippen molar-refractivity contribution < 1.29 is 9.90 Å². The highest BCUT2D eigenvalue weighted by Crippen LogP contribution is 2.40. The average molecular weight is 496 g/mol. The second-order valence-electron chi connectivity index (χ2n) is 8.43. The van der Waals surface area contributed by atoms with Crippen LogP contribution < -0.4 is 10.6 Å². The number of carbonyl (C=O) groups is 1. The van der Waals surface area contributed by atoms with Gasteiger partial charge in [0.15, 0.2) is 11.0 Å². The number of rotatable bonds is 3. The maximum atomic E-state index is 13.3. The zero-order chi connectivity index (χ0) is 22.9. The lowest BCUT2D eigenvalue weighted by molar-refractivity contribution is 0.0978. The van der Waals surface area contributed by atoms with Gasteiger partial charge in [-0.2, -0.15) is 5.10 Å². The van der Waals surface area contributed by atoms with Crippen molar-refractivity contribution in [1.29, 1.82) is 0 Å². The first kappa shape index (κ1) is 21.9. The largest absolute Gasteiger partial charge is 0.389 e. The van der Waals surface area contributed by atoms with Gasteiger partial charge in [-0.25, -0.2) is 9.97 Å². The van der Waals surface area contributed by atoms with Crippen LogP contribution in [0.5, 0.6) is 0 Å². The van der Waals surface area contributed by atoms with Gasteiger partial charge in [0.25, 0.3) is 0 Å². The van der Waals surface area contributed by atoms with Crippen LogP contribution in [0.1, 0.15) is 41.0 Å². The van der Waals surface area contributed by atoms with Crippen LogP contribution in [0.15, 0.2) is 12.1 Å². The third-order valence-electron chi connectivity index (χ3n) is 6.50. The Labute approximate surface area is 199 Å². The van der Waals surface area contributed by atoms with E-state index in [-0.39, 0.29) is 39.6 Å². The molecule has 3 aromatic rings. The van der Waals surface area contributed by atoms with Crippen LogP contribution in [0, 0.1) is 6.92 Å². The molecular formula is C21H21Cl3N6O2. The summed E-state index contributed by atoms with van der Waals surface area (Å²) in [4.78, 5) is 24.4. The topological polar surface area (TPSA) is 110 Å². The van der Waals surface area contributed by atoms with Crippen LogP contribution >= 0.6 is 34.8 Å². The van der Waals surface area contributed by atoms with Crippen molar-refractivity contribution in [2.75, 3.05) is 4.90 Å². The standard InChI is InChI=1S/C21H21Cl3N6O2/c1-8-21(30-9-3-6-13(30)18(32)11(25)7-9)27-19(23)16(26-8)17(31)10-4-5-12-14(15(10)22)20(24)29(2)28-12/h4-5,9,11,13,18,32H,3,6-7,25H2,1-2H3. The molecule has 4 heterocycles. The number of nitrogens with two attached hydrogens (primary N) is 1. The lowest BCUT2D eigenvalue weighted by Gasteiger charge is -2.42. The molecule has 2 saturated heterocycles. The van der Waals surface area contributed by atoms with E-state index in [1.165, 1.54) is 4.68 Å². The molecule has 11 heteroatoms. The van der Waals surface area contributed by atoms with Gasteiger partial charge >= 0.3 is 0 Å². The molecule has 1 aromatic carbocycles. The van der Waals surface area contributed by atoms with Crippen molar-refractivity contribution in [3.63, 3.8) is 0 Å². The third-order valence-corrected chi connectivity index (χ3v) is 7.59. The minimum atomic E-state index is -0.648. The highest BCUT2D eigenvalue weighted by atomic mass is 35.5. The molecule has 2 aliphatic heterocycles. The quantitative estimate of drug-likeness (QED) is 0.536. The smallest absolute Gasteiger partial charge is 0.216 e.